The zero-order valence-electron chi connectivity index (χ0n) is 18.0. The van der Waals surface area contributed by atoms with Crippen LogP contribution in [0.3, 0.4) is 0 Å². The first-order valence-electron chi connectivity index (χ1n) is 10.0. The fourth-order valence-electron chi connectivity index (χ4n) is 3.68. The molecule has 0 aliphatic rings. The van der Waals surface area contributed by atoms with E-state index in [9.17, 15) is 14.0 Å². The third-order valence-electron chi connectivity index (χ3n) is 5.29. The van der Waals surface area contributed by atoms with Gasteiger partial charge in [-0.3, -0.25) is 14.5 Å². The number of H-pyrrole nitrogens is 1. The van der Waals surface area contributed by atoms with E-state index in [4.69, 9.17) is 21.1 Å². The van der Waals surface area contributed by atoms with E-state index in [0.29, 0.717) is 44.7 Å². The third-order valence-corrected chi connectivity index (χ3v) is 6.76. The lowest BCUT2D eigenvalue weighted by Gasteiger charge is -2.06. The van der Waals surface area contributed by atoms with E-state index in [1.54, 1.807) is 30.3 Å². The molecule has 5 aromatic rings. The number of pyridine rings is 1. The minimum Gasteiger partial charge on any atom is -0.494 e. The summed E-state index contributed by atoms with van der Waals surface area (Å²) in [6.45, 7) is 0.961. The van der Waals surface area contributed by atoms with Gasteiger partial charge in [0.25, 0.3) is 5.56 Å². The van der Waals surface area contributed by atoms with E-state index in [1.807, 2.05) is 0 Å². The maximum atomic E-state index is 14.0. The molecule has 12 heteroatoms. The highest BCUT2D eigenvalue weighted by atomic mass is 35.5. The van der Waals surface area contributed by atoms with Crippen molar-refractivity contribution in [1.82, 2.24) is 24.3 Å². The van der Waals surface area contributed by atoms with Gasteiger partial charge in [-0.05, 0) is 18.2 Å². The number of aromatic amines is 1. The summed E-state index contributed by atoms with van der Waals surface area (Å²) in [5, 5.41) is 5.33. The molecule has 0 aliphatic carbocycles. The lowest BCUT2D eigenvalue weighted by atomic mass is 10.1. The number of rotatable bonds is 6. The number of hydrogen-bond acceptors (Lipinski definition) is 7. The number of methoxy groups -OCH3 is 2. The van der Waals surface area contributed by atoms with Crippen molar-refractivity contribution in [2.45, 2.75) is 6.54 Å². The number of hydrogen-bond donors (Lipinski definition) is 1. The molecule has 5 rings (SSSR count). The highest BCUT2D eigenvalue weighted by molar-refractivity contribution is 7.22. The van der Waals surface area contributed by atoms with E-state index in [-0.39, 0.29) is 16.5 Å². The zero-order chi connectivity index (χ0) is 24.0. The quantitative estimate of drug-likeness (QED) is 0.381. The minimum atomic E-state index is -0.634. The van der Waals surface area contributed by atoms with Crippen LogP contribution in [0, 0.1) is 5.82 Å². The monoisotopic (exact) mass is 501 g/mol. The fraction of sp³-hybridized carbons (Fsp3) is 0.182. The molecule has 174 valence electrons. The van der Waals surface area contributed by atoms with Crippen LogP contribution in [0.25, 0.3) is 37.2 Å². The molecule has 0 bridgehead atoms. The largest absolute Gasteiger partial charge is 0.494 e. The Morgan fingerprint density at radius 3 is 2.79 bits per heavy atom. The predicted octanol–water partition coefficient (Wildman–Crippen LogP) is 3.60. The summed E-state index contributed by atoms with van der Waals surface area (Å²) in [5.41, 5.74) is 0.385. The molecule has 1 N–H and O–H groups in total. The second-order valence-electron chi connectivity index (χ2n) is 7.37. The highest BCUT2D eigenvalue weighted by Gasteiger charge is 2.19. The first-order chi connectivity index (χ1) is 16.4. The molecule has 0 saturated carbocycles. The first kappa shape index (κ1) is 22.3. The summed E-state index contributed by atoms with van der Waals surface area (Å²) < 4.78 is 27.1. The molecule has 34 heavy (non-hydrogen) atoms. The van der Waals surface area contributed by atoms with Crippen molar-refractivity contribution in [2.75, 3.05) is 20.8 Å². The molecule has 4 aromatic heterocycles. The topological polar surface area (TPSA) is 104 Å². The van der Waals surface area contributed by atoms with Crippen molar-refractivity contribution in [3.05, 3.63) is 68.5 Å². The zero-order valence-corrected chi connectivity index (χ0v) is 19.5. The maximum Gasteiger partial charge on any atom is 0.333 e. The second kappa shape index (κ2) is 8.67. The van der Waals surface area contributed by atoms with Gasteiger partial charge in [-0.15, -0.1) is 11.3 Å². The maximum absolute atomic E-state index is 14.0. The van der Waals surface area contributed by atoms with Crippen molar-refractivity contribution in [2.24, 2.45) is 0 Å². The van der Waals surface area contributed by atoms with Crippen LogP contribution in [0.4, 0.5) is 4.39 Å². The predicted molar refractivity (Wildman–Crippen MR) is 128 cm³/mol. The Bertz CT molecular complexity index is 1670. The van der Waals surface area contributed by atoms with Gasteiger partial charge in [-0.25, -0.2) is 13.8 Å². The van der Waals surface area contributed by atoms with E-state index in [0.717, 1.165) is 22.0 Å². The van der Waals surface area contributed by atoms with Gasteiger partial charge < -0.3 is 14.5 Å². The molecule has 0 saturated heterocycles. The summed E-state index contributed by atoms with van der Waals surface area (Å²) in [6, 6.07) is 4.23. The Labute approximate surface area is 200 Å². The van der Waals surface area contributed by atoms with Crippen molar-refractivity contribution in [1.29, 1.82) is 0 Å². The van der Waals surface area contributed by atoms with E-state index >= 15 is 0 Å². The standard InChI is InChI=1S/C22H17ClFN5O4S/c1-32-4-3-28-10-11-8-25-9-16(19(11)27-28)29-21(30)20-15(26-22(29)31)7-18(34-20)12-5-17(33-2)14(24)6-13(12)23/h5-10H,3-4H2,1-2H3,(H,26,31). The van der Waals surface area contributed by atoms with Crippen LogP contribution in [-0.4, -0.2) is 45.1 Å². The summed E-state index contributed by atoms with van der Waals surface area (Å²) in [5.74, 6) is -0.580. The van der Waals surface area contributed by atoms with Crippen LogP contribution in [0.5, 0.6) is 5.75 Å². The van der Waals surface area contributed by atoms with Gasteiger partial charge in [-0.1, -0.05) is 11.6 Å². The molecule has 0 unspecified atom stereocenters. The van der Waals surface area contributed by atoms with Crippen LogP contribution in [0.2, 0.25) is 5.02 Å². The SMILES string of the molecule is COCCn1cc2cncc(-n3c(=O)[nH]c4cc(-c5cc(OC)c(F)cc5Cl)sc4c3=O)c2n1. The third kappa shape index (κ3) is 3.67. The van der Waals surface area contributed by atoms with Crippen molar-refractivity contribution in [3.8, 4) is 21.9 Å². The van der Waals surface area contributed by atoms with Crippen LogP contribution >= 0.6 is 22.9 Å². The number of nitrogens with one attached hydrogen (secondary N) is 1. The Kier molecular flexibility index (Phi) is 5.68. The van der Waals surface area contributed by atoms with Gasteiger partial charge in [0.05, 0.1) is 37.0 Å². The minimum absolute atomic E-state index is 0.0181. The van der Waals surface area contributed by atoms with Crippen LogP contribution in [0.15, 0.2) is 46.4 Å². The number of nitrogens with zero attached hydrogens (tertiary/aromatic N) is 4. The van der Waals surface area contributed by atoms with Crippen LogP contribution < -0.4 is 16.0 Å². The normalized spacial score (nSPS) is 11.5. The average molecular weight is 502 g/mol. The molecule has 0 amide bonds. The molecule has 9 nitrogen and oxygen atoms in total. The smallest absolute Gasteiger partial charge is 0.333 e. The van der Waals surface area contributed by atoms with Crippen molar-refractivity contribution >= 4 is 44.1 Å². The molecule has 0 radical (unpaired) electrons. The second-order valence-corrected chi connectivity index (χ2v) is 8.83. The van der Waals surface area contributed by atoms with Gasteiger partial charge in [0.2, 0.25) is 0 Å². The van der Waals surface area contributed by atoms with Crippen molar-refractivity contribution in [3.63, 3.8) is 0 Å². The van der Waals surface area contributed by atoms with E-state index in [1.165, 1.54) is 19.4 Å². The lowest BCUT2D eigenvalue weighted by Crippen LogP contribution is -2.33. The fourth-order valence-corrected chi connectivity index (χ4v) is 5.06. The summed E-state index contributed by atoms with van der Waals surface area (Å²) in [4.78, 5) is 33.9. The summed E-state index contributed by atoms with van der Waals surface area (Å²) in [6.07, 6.45) is 4.81. The van der Waals surface area contributed by atoms with Gasteiger partial charge in [-0.2, -0.15) is 5.10 Å². The summed E-state index contributed by atoms with van der Waals surface area (Å²) >= 11 is 7.38. The molecule has 1 aromatic carbocycles. The number of halogens is 2. The number of fused-ring (bicyclic) bond motifs is 2. The number of aromatic nitrogens is 5. The number of benzene rings is 1. The Hall–Kier alpha value is -3.54. The molecule has 0 aliphatic heterocycles. The highest BCUT2D eigenvalue weighted by Crippen LogP contribution is 2.38. The number of ether oxygens (including phenoxy) is 2. The molecular formula is C22H17ClFN5O4S. The average Bonchev–Trinajstić information content (AvgIpc) is 3.42. The van der Waals surface area contributed by atoms with Crippen LogP contribution in [0.1, 0.15) is 0 Å². The van der Waals surface area contributed by atoms with E-state index in [2.05, 4.69) is 15.1 Å². The van der Waals surface area contributed by atoms with Gasteiger partial charge in [0, 0.05) is 35.3 Å². The molecule has 0 spiro atoms. The Morgan fingerprint density at radius 1 is 1.21 bits per heavy atom. The summed E-state index contributed by atoms with van der Waals surface area (Å²) in [7, 11) is 2.94. The van der Waals surface area contributed by atoms with Gasteiger partial charge in [0.1, 0.15) is 15.9 Å². The van der Waals surface area contributed by atoms with Crippen molar-refractivity contribution < 1.29 is 13.9 Å². The lowest BCUT2D eigenvalue weighted by molar-refractivity contribution is 0.184. The molecule has 0 fully saturated rings. The Morgan fingerprint density at radius 2 is 2.03 bits per heavy atom. The molecule has 0 atom stereocenters. The molecular weight excluding hydrogens is 485 g/mol. The van der Waals surface area contributed by atoms with Gasteiger partial charge >= 0.3 is 5.69 Å². The first-order valence-corrected chi connectivity index (χ1v) is 11.2. The Balaban J connectivity index is 1.69. The number of thiophene rings is 1. The molecule has 4 heterocycles. The van der Waals surface area contributed by atoms with E-state index < -0.39 is 17.1 Å². The van der Waals surface area contributed by atoms with Crippen LogP contribution in [-0.2, 0) is 11.3 Å². The van der Waals surface area contributed by atoms with Gasteiger partial charge in [0.15, 0.2) is 11.6 Å².